The molecule has 1 aliphatic carbocycles. The van der Waals surface area contributed by atoms with Crippen molar-refractivity contribution < 1.29 is 0 Å². The van der Waals surface area contributed by atoms with Gasteiger partial charge in [-0.2, -0.15) is 0 Å². The lowest BCUT2D eigenvalue weighted by Gasteiger charge is -2.22. The van der Waals surface area contributed by atoms with Crippen LogP contribution in [0.1, 0.15) is 25.0 Å². The molecule has 0 aliphatic heterocycles. The van der Waals surface area contributed by atoms with E-state index in [9.17, 15) is 0 Å². The maximum Gasteiger partial charge on any atom is 0.0702 e. The Labute approximate surface area is 278 Å². The third-order valence-electron chi connectivity index (χ3n) is 10.4. The molecule has 0 fully saturated rings. The van der Waals surface area contributed by atoms with Gasteiger partial charge in [-0.05, 0) is 122 Å². The maximum atomic E-state index is 4.76. The molecule has 3 nitrogen and oxygen atoms in total. The molecule has 0 saturated carbocycles. The third kappa shape index (κ3) is 3.94. The Kier molecular flexibility index (Phi) is 5.63. The second kappa shape index (κ2) is 9.97. The van der Waals surface area contributed by atoms with Crippen LogP contribution in [0.4, 0.5) is 0 Å². The second-order valence-electron chi connectivity index (χ2n) is 13.6. The zero-order valence-electron chi connectivity index (χ0n) is 26.8. The Morgan fingerprint density at radius 3 is 1.90 bits per heavy atom. The number of benzene rings is 6. The third-order valence-corrected chi connectivity index (χ3v) is 10.4. The summed E-state index contributed by atoms with van der Waals surface area (Å²) < 4.78 is 2.47. The zero-order chi connectivity index (χ0) is 32.0. The molecule has 3 aromatic heterocycles. The van der Waals surface area contributed by atoms with E-state index >= 15 is 0 Å². The van der Waals surface area contributed by atoms with E-state index in [1.54, 1.807) is 0 Å². The molecule has 6 aromatic carbocycles. The quantitative estimate of drug-likeness (QED) is 0.198. The van der Waals surface area contributed by atoms with Gasteiger partial charge in [0.15, 0.2) is 0 Å². The molecule has 0 bridgehead atoms. The van der Waals surface area contributed by atoms with E-state index in [1.165, 1.54) is 65.6 Å². The molecule has 226 valence electrons. The number of aromatic nitrogens is 3. The highest BCUT2D eigenvalue weighted by atomic mass is 15.0. The van der Waals surface area contributed by atoms with Crippen LogP contribution in [0, 0.1) is 0 Å². The monoisotopic (exact) mass is 613 g/mol. The molecule has 0 unspecified atom stereocenters. The second-order valence-corrected chi connectivity index (χ2v) is 13.6. The highest BCUT2D eigenvalue weighted by Crippen LogP contribution is 2.52. The maximum absolute atomic E-state index is 4.76. The van der Waals surface area contributed by atoms with Gasteiger partial charge in [0.1, 0.15) is 0 Å². The minimum absolute atomic E-state index is 0.124. The van der Waals surface area contributed by atoms with Crippen molar-refractivity contribution in [1.29, 1.82) is 0 Å². The molecule has 48 heavy (non-hydrogen) atoms. The van der Waals surface area contributed by atoms with Crippen molar-refractivity contribution in [1.82, 2.24) is 14.5 Å². The largest absolute Gasteiger partial charge is 0.309 e. The first kappa shape index (κ1) is 27.1. The molecule has 0 radical (unpaired) electrons. The number of hydrogen-bond acceptors (Lipinski definition) is 2. The first-order chi connectivity index (χ1) is 23.5. The lowest BCUT2D eigenvalue weighted by molar-refractivity contribution is 0.662. The van der Waals surface area contributed by atoms with Gasteiger partial charge in [0, 0.05) is 51.6 Å². The van der Waals surface area contributed by atoms with E-state index in [2.05, 4.69) is 145 Å². The summed E-state index contributed by atoms with van der Waals surface area (Å²) in [6.07, 6.45) is 5.63. The minimum Gasteiger partial charge on any atom is -0.309 e. The Bertz CT molecular complexity index is 2680. The summed E-state index contributed by atoms with van der Waals surface area (Å²) in [6.45, 7) is 4.76. The van der Waals surface area contributed by atoms with Crippen LogP contribution in [-0.4, -0.2) is 14.5 Å². The van der Waals surface area contributed by atoms with E-state index in [1.807, 2.05) is 30.7 Å². The molecule has 9 aromatic rings. The molecule has 0 spiro atoms. The van der Waals surface area contributed by atoms with Crippen LogP contribution in [0.3, 0.4) is 0 Å². The highest BCUT2D eigenvalue weighted by molar-refractivity contribution is 6.15. The fraction of sp³-hybridized carbons (Fsp3) is 0.0667. The number of hydrogen-bond donors (Lipinski definition) is 0. The predicted octanol–water partition coefficient (Wildman–Crippen LogP) is 11.5. The van der Waals surface area contributed by atoms with Crippen molar-refractivity contribution in [3.05, 3.63) is 163 Å². The summed E-state index contributed by atoms with van der Waals surface area (Å²) in [5, 5.41) is 7.57. The Morgan fingerprint density at radius 1 is 0.500 bits per heavy atom. The van der Waals surface area contributed by atoms with Crippen molar-refractivity contribution in [3.8, 4) is 39.2 Å². The molecular weight excluding hydrogens is 583 g/mol. The number of fused-ring (bicyclic) bond motifs is 8. The van der Waals surface area contributed by atoms with Gasteiger partial charge in [-0.1, -0.05) is 74.5 Å². The van der Waals surface area contributed by atoms with Gasteiger partial charge in [-0.3, -0.25) is 9.97 Å². The van der Waals surface area contributed by atoms with Crippen LogP contribution in [0.5, 0.6) is 0 Å². The Balaban J connectivity index is 1.33. The molecule has 3 heteroatoms. The van der Waals surface area contributed by atoms with Crippen LogP contribution in [0.2, 0.25) is 0 Å². The normalized spacial score (nSPS) is 13.4. The first-order valence-electron chi connectivity index (χ1n) is 16.6. The number of rotatable bonds is 3. The molecule has 0 atom stereocenters. The van der Waals surface area contributed by atoms with Gasteiger partial charge in [0.25, 0.3) is 0 Å². The summed E-state index contributed by atoms with van der Waals surface area (Å²) in [5.74, 6) is 0. The fourth-order valence-corrected chi connectivity index (χ4v) is 8.01. The number of nitrogens with zero attached hydrogens (tertiary/aromatic N) is 3. The Hall–Kier alpha value is -6.06. The molecule has 0 saturated heterocycles. The molecule has 0 N–H and O–H groups in total. The van der Waals surface area contributed by atoms with Crippen molar-refractivity contribution in [2.24, 2.45) is 0 Å². The van der Waals surface area contributed by atoms with Gasteiger partial charge in [-0.15, -0.1) is 0 Å². The van der Waals surface area contributed by atoms with Crippen molar-refractivity contribution in [3.63, 3.8) is 0 Å². The van der Waals surface area contributed by atoms with Crippen molar-refractivity contribution in [2.45, 2.75) is 19.3 Å². The highest BCUT2D eigenvalue weighted by Gasteiger charge is 2.36. The van der Waals surface area contributed by atoms with Gasteiger partial charge in [-0.25, -0.2) is 0 Å². The van der Waals surface area contributed by atoms with Crippen molar-refractivity contribution >= 4 is 43.4 Å². The van der Waals surface area contributed by atoms with Crippen LogP contribution in [-0.2, 0) is 5.41 Å². The number of pyridine rings is 2. The van der Waals surface area contributed by atoms with Crippen LogP contribution in [0.25, 0.3) is 82.5 Å². The molecule has 1 aliphatic rings. The smallest absolute Gasteiger partial charge is 0.0702 e. The van der Waals surface area contributed by atoms with E-state index < -0.39 is 0 Å². The van der Waals surface area contributed by atoms with Gasteiger partial charge in [0.2, 0.25) is 0 Å². The van der Waals surface area contributed by atoms with Crippen LogP contribution in [0.15, 0.2) is 152 Å². The van der Waals surface area contributed by atoms with Gasteiger partial charge in [0.05, 0.1) is 16.7 Å². The van der Waals surface area contributed by atoms with Crippen LogP contribution >= 0.6 is 0 Å². The lowest BCUT2D eigenvalue weighted by atomic mass is 9.81. The lowest BCUT2D eigenvalue weighted by Crippen LogP contribution is -2.14. The molecule has 10 rings (SSSR count). The van der Waals surface area contributed by atoms with Crippen molar-refractivity contribution in [2.75, 3.05) is 0 Å². The average molecular weight is 614 g/mol. The molecule has 0 amide bonds. The first-order valence-corrected chi connectivity index (χ1v) is 16.6. The topological polar surface area (TPSA) is 30.7 Å². The van der Waals surface area contributed by atoms with E-state index in [0.29, 0.717) is 0 Å². The summed E-state index contributed by atoms with van der Waals surface area (Å²) in [4.78, 5) is 9.22. The summed E-state index contributed by atoms with van der Waals surface area (Å²) in [7, 11) is 0. The predicted molar refractivity (Wildman–Crippen MR) is 200 cm³/mol. The fourth-order valence-electron chi connectivity index (χ4n) is 8.01. The average Bonchev–Trinajstić information content (AvgIpc) is 3.56. The SMILES string of the molecule is CC1(C)c2cc3ccccc3cc2-c2cc3c(cc21)c1cc2ccccc2cc1n3-c1cc(-c2cccnc2)cc(-c2ccccn2)c1. The minimum atomic E-state index is -0.124. The molecule has 3 heterocycles. The molecular formula is C45H31N3. The standard InChI is InChI=1S/C45H31N3/c1-45(2)40-23-30-12-5-3-10-28(30)21-36(40)37-26-44-39(25-41(37)45)38-22-29-11-4-6-13-31(29)24-43(38)48(44)35-19-33(32-14-9-16-46-27-32)18-34(20-35)42-15-7-8-17-47-42/h3-27H,1-2H3. The Morgan fingerprint density at radius 2 is 1.15 bits per heavy atom. The summed E-state index contributed by atoms with van der Waals surface area (Å²) in [5.41, 5.74) is 13.0. The van der Waals surface area contributed by atoms with E-state index in [4.69, 9.17) is 4.98 Å². The summed E-state index contributed by atoms with van der Waals surface area (Å²) >= 11 is 0. The van der Waals surface area contributed by atoms with Gasteiger partial charge < -0.3 is 4.57 Å². The summed E-state index contributed by atoms with van der Waals surface area (Å²) in [6, 6.07) is 49.0. The zero-order valence-corrected chi connectivity index (χ0v) is 26.8. The van der Waals surface area contributed by atoms with Gasteiger partial charge >= 0.3 is 0 Å². The van der Waals surface area contributed by atoms with Crippen LogP contribution < -0.4 is 0 Å². The van der Waals surface area contributed by atoms with E-state index in [0.717, 1.165) is 28.1 Å². The van der Waals surface area contributed by atoms with E-state index in [-0.39, 0.29) is 5.41 Å².